The molecule has 3 rings (SSSR count). The van der Waals surface area contributed by atoms with Gasteiger partial charge in [-0.25, -0.2) is 9.97 Å². The lowest BCUT2D eigenvalue weighted by molar-refractivity contribution is 0.221. The van der Waals surface area contributed by atoms with E-state index in [2.05, 4.69) is 24.8 Å². The van der Waals surface area contributed by atoms with E-state index in [4.69, 9.17) is 4.74 Å². The molecule has 0 aromatic carbocycles. The summed E-state index contributed by atoms with van der Waals surface area (Å²) in [5.41, 5.74) is 0. The van der Waals surface area contributed by atoms with E-state index >= 15 is 0 Å². The summed E-state index contributed by atoms with van der Waals surface area (Å²) in [6, 6.07) is 0. The van der Waals surface area contributed by atoms with Gasteiger partial charge in [0.1, 0.15) is 5.82 Å². The lowest BCUT2D eigenvalue weighted by atomic mass is 9.99. The molecule has 20 heavy (non-hydrogen) atoms. The second kappa shape index (κ2) is 6.27. The third-order valence-corrected chi connectivity index (χ3v) is 3.40. The molecule has 0 saturated carbocycles. The monoisotopic (exact) mass is 271 g/mol. The first-order chi connectivity index (χ1) is 9.92. The summed E-state index contributed by atoms with van der Waals surface area (Å²) in [5.74, 6) is 2.01. The fraction of sp³-hybridized carbons (Fsp3) is 0.429. The molecule has 0 bridgehead atoms. The van der Waals surface area contributed by atoms with Crippen LogP contribution in [0.1, 0.15) is 12.8 Å². The highest BCUT2D eigenvalue weighted by Crippen LogP contribution is 2.21. The normalized spacial score (nSPS) is 18.8. The minimum absolute atomic E-state index is 0.479. The van der Waals surface area contributed by atoms with Gasteiger partial charge in [0, 0.05) is 43.8 Å². The van der Waals surface area contributed by atoms with Crippen molar-refractivity contribution >= 4 is 5.82 Å². The van der Waals surface area contributed by atoms with Gasteiger partial charge in [0.15, 0.2) is 0 Å². The van der Waals surface area contributed by atoms with Crippen LogP contribution in [0.5, 0.6) is 5.88 Å². The van der Waals surface area contributed by atoms with Gasteiger partial charge in [-0.1, -0.05) is 0 Å². The molecule has 1 atom stereocenters. The van der Waals surface area contributed by atoms with E-state index in [1.807, 2.05) is 6.20 Å². The Morgan fingerprint density at radius 3 is 2.70 bits per heavy atom. The Kier molecular flexibility index (Phi) is 4.01. The zero-order chi connectivity index (χ0) is 13.6. The van der Waals surface area contributed by atoms with Gasteiger partial charge in [-0.15, -0.1) is 0 Å². The Hall–Kier alpha value is -2.24. The Balaban J connectivity index is 1.56. The highest BCUT2D eigenvalue weighted by Gasteiger charge is 2.21. The molecular formula is C14H17N5O. The maximum absolute atomic E-state index is 5.69. The van der Waals surface area contributed by atoms with Crippen LogP contribution in [0.2, 0.25) is 0 Å². The van der Waals surface area contributed by atoms with E-state index in [-0.39, 0.29) is 0 Å². The van der Waals surface area contributed by atoms with Gasteiger partial charge >= 0.3 is 0 Å². The first-order valence-corrected chi connectivity index (χ1v) is 6.81. The van der Waals surface area contributed by atoms with Crippen LogP contribution in [-0.2, 0) is 0 Å². The van der Waals surface area contributed by atoms with Gasteiger partial charge in [0.05, 0.1) is 19.0 Å². The standard InChI is InChI=1S/C14H17N5O/c1-2-12(11-20-14-9-16-4-6-18-14)10-19(7-1)13-8-15-3-5-17-13/h3-6,8-9,12H,1-2,7,10-11H2. The molecule has 1 fully saturated rings. The molecule has 6 nitrogen and oxygen atoms in total. The topological polar surface area (TPSA) is 64.0 Å². The van der Waals surface area contributed by atoms with Crippen molar-refractivity contribution in [2.24, 2.45) is 5.92 Å². The molecule has 1 unspecified atom stereocenters. The number of nitrogens with zero attached hydrogens (tertiary/aromatic N) is 5. The highest BCUT2D eigenvalue weighted by molar-refractivity contribution is 5.35. The van der Waals surface area contributed by atoms with Crippen molar-refractivity contribution < 1.29 is 4.74 Å². The molecule has 3 heterocycles. The number of aromatic nitrogens is 4. The molecule has 1 saturated heterocycles. The Morgan fingerprint density at radius 2 is 1.95 bits per heavy atom. The van der Waals surface area contributed by atoms with Crippen LogP contribution >= 0.6 is 0 Å². The van der Waals surface area contributed by atoms with Crippen molar-refractivity contribution in [1.82, 2.24) is 19.9 Å². The minimum atomic E-state index is 0.479. The molecule has 0 radical (unpaired) electrons. The molecule has 104 valence electrons. The third-order valence-electron chi connectivity index (χ3n) is 3.40. The predicted molar refractivity (Wildman–Crippen MR) is 74.5 cm³/mol. The van der Waals surface area contributed by atoms with Crippen LogP contribution in [0.3, 0.4) is 0 Å². The fourth-order valence-corrected chi connectivity index (χ4v) is 2.43. The van der Waals surface area contributed by atoms with Crippen molar-refractivity contribution in [3.8, 4) is 5.88 Å². The van der Waals surface area contributed by atoms with E-state index in [0.717, 1.165) is 31.7 Å². The van der Waals surface area contributed by atoms with Gasteiger partial charge in [-0.3, -0.25) is 9.97 Å². The zero-order valence-electron chi connectivity index (χ0n) is 11.2. The number of ether oxygens (including phenoxy) is 1. The average Bonchev–Trinajstić information content (AvgIpc) is 2.55. The quantitative estimate of drug-likeness (QED) is 0.841. The SMILES string of the molecule is c1cnc(OCC2CCCN(c3cnccn3)C2)cn1. The summed E-state index contributed by atoms with van der Waals surface area (Å²) in [7, 11) is 0. The van der Waals surface area contributed by atoms with Crippen LogP contribution in [0.25, 0.3) is 0 Å². The van der Waals surface area contributed by atoms with Crippen molar-refractivity contribution in [3.63, 3.8) is 0 Å². The molecule has 1 aliphatic heterocycles. The molecule has 6 heteroatoms. The summed E-state index contributed by atoms with van der Waals surface area (Å²) in [6.45, 7) is 2.63. The smallest absolute Gasteiger partial charge is 0.232 e. The van der Waals surface area contributed by atoms with E-state index in [9.17, 15) is 0 Å². The second-order valence-electron chi connectivity index (χ2n) is 4.87. The summed E-state index contributed by atoms with van der Waals surface area (Å²) in [5, 5.41) is 0. The maximum Gasteiger partial charge on any atom is 0.232 e. The molecule has 1 aliphatic rings. The van der Waals surface area contributed by atoms with Crippen LogP contribution in [0, 0.1) is 5.92 Å². The summed E-state index contributed by atoms with van der Waals surface area (Å²) in [6.07, 6.45) is 12.5. The Morgan fingerprint density at radius 1 is 1.10 bits per heavy atom. The van der Waals surface area contributed by atoms with Crippen molar-refractivity contribution in [1.29, 1.82) is 0 Å². The number of hydrogen-bond donors (Lipinski definition) is 0. The third kappa shape index (κ3) is 3.20. The maximum atomic E-state index is 5.69. The molecule has 0 spiro atoms. The average molecular weight is 271 g/mol. The van der Waals surface area contributed by atoms with E-state index in [0.29, 0.717) is 18.4 Å². The lowest BCUT2D eigenvalue weighted by Crippen LogP contribution is -2.38. The van der Waals surface area contributed by atoms with Crippen molar-refractivity contribution in [3.05, 3.63) is 37.2 Å². The largest absolute Gasteiger partial charge is 0.476 e. The van der Waals surface area contributed by atoms with Crippen molar-refractivity contribution in [2.75, 3.05) is 24.6 Å². The fourth-order valence-electron chi connectivity index (χ4n) is 2.43. The van der Waals surface area contributed by atoms with Gasteiger partial charge in [0.2, 0.25) is 5.88 Å². The molecule has 2 aromatic rings. The summed E-state index contributed by atoms with van der Waals surface area (Å²) in [4.78, 5) is 18.9. The van der Waals surface area contributed by atoms with Gasteiger partial charge < -0.3 is 9.64 Å². The van der Waals surface area contributed by atoms with Crippen LogP contribution in [0.15, 0.2) is 37.2 Å². The lowest BCUT2D eigenvalue weighted by Gasteiger charge is -2.33. The number of rotatable bonds is 4. The molecular weight excluding hydrogens is 254 g/mol. The predicted octanol–water partition coefficient (Wildman–Crippen LogP) is 1.56. The Labute approximate surface area is 117 Å². The number of anilines is 1. The second-order valence-corrected chi connectivity index (χ2v) is 4.87. The van der Waals surface area contributed by atoms with Crippen molar-refractivity contribution in [2.45, 2.75) is 12.8 Å². The van der Waals surface area contributed by atoms with Gasteiger partial charge in [-0.2, -0.15) is 0 Å². The first-order valence-electron chi connectivity index (χ1n) is 6.81. The highest BCUT2D eigenvalue weighted by atomic mass is 16.5. The molecule has 0 aliphatic carbocycles. The molecule has 2 aromatic heterocycles. The van der Waals surface area contributed by atoms with Crippen LogP contribution < -0.4 is 9.64 Å². The van der Waals surface area contributed by atoms with E-state index in [1.165, 1.54) is 0 Å². The molecule has 0 N–H and O–H groups in total. The summed E-state index contributed by atoms with van der Waals surface area (Å²) >= 11 is 0. The van der Waals surface area contributed by atoms with Gasteiger partial charge in [-0.05, 0) is 12.8 Å². The molecule has 0 amide bonds. The van der Waals surface area contributed by atoms with Gasteiger partial charge in [0.25, 0.3) is 0 Å². The number of hydrogen-bond acceptors (Lipinski definition) is 6. The Bertz CT molecular complexity index is 522. The summed E-state index contributed by atoms with van der Waals surface area (Å²) < 4.78 is 5.69. The van der Waals surface area contributed by atoms with Crippen LogP contribution in [0.4, 0.5) is 5.82 Å². The minimum Gasteiger partial charge on any atom is -0.476 e. The van der Waals surface area contributed by atoms with E-state index in [1.54, 1.807) is 31.0 Å². The van der Waals surface area contributed by atoms with E-state index < -0.39 is 0 Å². The van der Waals surface area contributed by atoms with Crippen LogP contribution in [-0.4, -0.2) is 39.6 Å². The first kappa shape index (κ1) is 12.8. The zero-order valence-corrected chi connectivity index (χ0v) is 11.2. The number of piperidine rings is 1.